The second kappa shape index (κ2) is 13.0. The van der Waals surface area contributed by atoms with Crippen LogP contribution in [-0.2, 0) is 11.3 Å². The number of aliphatic carboxylic acids is 1. The van der Waals surface area contributed by atoms with Crippen LogP contribution in [0.25, 0.3) is 34.0 Å². The minimum Gasteiger partial charge on any atom is -0.550 e. The molecule has 0 unspecified atom stereocenters. The minimum absolute atomic E-state index is 0. The Hall–Kier alpha value is -2.69. The predicted octanol–water partition coefficient (Wildman–Crippen LogP) is 2.07. The average Bonchev–Trinajstić information content (AvgIpc) is 3.23. The van der Waals surface area contributed by atoms with Crippen molar-refractivity contribution in [2.45, 2.75) is 38.0 Å². The zero-order valence-corrected chi connectivity index (χ0v) is 21.7. The summed E-state index contributed by atoms with van der Waals surface area (Å²) in [6, 6.07) is 17.3. The van der Waals surface area contributed by atoms with Gasteiger partial charge < -0.3 is 24.7 Å². The van der Waals surface area contributed by atoms with Crippen LogP contribution < -0.4 is 5.11 Å². The molecular formula is C26H24CaFN4O4+. The number of rotatable bonds is 10. The quantitative estimate of drug-likeness (QED) is 0.310. The summed E-state index contributed by atoms with van der Waals surface area (Å²) in [6.45, 7) is 0.300. The molecule has 0 aliphatic rings. The third kappa shape index (κ3) is 6.95. The molecule has 0 aliphatic heterocycles. The van der Waals surface area contributed by atoms with E-state index < -0.39 is 24.6 Å². The van der Waals surface area contributed by atoms with E-state index in [-0.39, 0.29) is 56.4 Å². The van der Waals surface area contributed by atoms with Gasteiger partial charge in [0.1, 0.15) is 23.7 Å². The largest absolute Gasteiger partial charge is 2.00 e. The van der Waals surface area contributed by atoms with Crippen LogP contribution in [0.5, 0.6) is 0 Å². The van der Waals surface area contributed by atoms with Crippen LogP contribution >= 0.6 is 0 Å². The first-order valence-corrected chi connectivity index (χ1v) is 11.2. The summed E-state index contributed by atoms with van der Waals surface area (Å²) in [7, 11) is 0. The van der Waals surface area contributed by atoms with E-state index in [9.17, 15) is 24.5 Å². The van der Waals surface area contributed by atoms with Crippen molar-refractivity contribution in [1.29, 1.82) is 0 Å². The maximum Gasteiger partial charge on any atom is 2.00 e. The molecule has 0 amide bonds. The van der Waals surface area contributed by atoms with E-state index in [1.807, 2.05) is 34.9 Å². The number of carbonyl (C=O) groups is 1. The summed E-state index contributed by atoms with van der Waals surface area (Å²) >= 11 is 0. The van der Waals surface area contributed by atoms with Gasteiger partial charge in [-0.05, 0) is 43.2 Å². The van der Waals surface area contributed by atoms with Gasteiger partial charge in [0.05, 0.1) is 23.6 Å². The molecule has 4 aromatic rings. The van der Waals surface area contributed by atoms with Crippen molar-refractivity contribution in [1.82, 2.24) is 19.5 Å². The number of carbonyl (C=O) groups excluding carboxylic acids is 1. The first kappa shape index (κ1) is 27.9. The molecular weight excluding hydrogens is 491 g/mol. The second-order valence-electron chi connectivity index (χ2n) is 8.16. The van der Waals surface area contributed by atoms with Gasteiger partial charge in [-0.1, -0.05) is 30.3 Å². The summed E-state index contributed by atoms with van der Waals surface area (Å²) in [6.07, 6.45) is 0.439. The van der Waals surface area contributed by atoms with Gasteiger partial charge in [0.15, 0.2) is 0 Å². The number of carboxylic acids is 1. The van der Waals surface area contributed by atoms with E-state index in [0.29, 0.717) is 35.0 Å². The molecule has 0 spiro atoms. The Morgan fingerprint density at radius 2 is 1.72 bits per heavy atom. The Morgan fingerprint density at radius 3 is 2.36 bits per heavy atom. The molecule has 2 aromatic heterocycles. The fraction of sp³-hybridized carbons (Fsp3) is 0.231. The molecule has 0 saturated carbocycles. The molecule has 2 heterocycles. The Bertz CT molecular complexity index is 1270. The van der Waals surface area contributed by atoms with Crippen LogP contribution in [0.4, 0.5) is 4.39 Å². The SMILES string of the molecule is O=C([O-])C[C@@H](O)C[C@@H](O)CCn1c(-c2ccccc2)nc(-c2ccncn2)c1-c1ccc(F)cc1.[Ca+2]. The molecule has 2 atom stereocenters. The number of aliphatic hydroxyl groups excluding tert-OH is 2. The molecule has 0 bridgehead atoms. The maximum atomic E-state index is 13.7. The molecule has 10 heteroatoms. The van der Waals surface area contributed by atoms with Gasteiger partial charge in [0, 0.05) is 36.3 Å². The number of hydrogen-bond acceptors (Lipinski definition) is 7. The number of imidazole rings is 1. The molecule has 8 nitrogen and oxygen atoms in total. The van der Waals surface area contributed by atoms with E-state index in [2.05, 4.69) is 9.97 Å². The summed E-state index contributed by atoms with van der Waals surface area (Å²) in [5.41, 5.74) is 3.39. The maximum absolute atomic E-state index is 13.7. The molecule has 0 aliphatic carbocycles. The van der Waals surface area contributed by atoms with Gasteiger partial charge >= 0.3 is 37.7 Å². The van der Waals surface area contributed by atoms with E-state index >= 15 is 0 Å². The molecule has 0 radical (unpaired) electrons. The van der Waals surface area contributed by atoms with Crippen molar-refractivity contribution in [2.24, 2.45) is 0 Å². The van der Waals surface area contributed by atoms with Crippen molar-refractivity contribution in [3.63, 3.8) is 0 Å². The number of halogens is 1. The first-order valence-electron chi connectivity index (χ1n) is 11.2. The van der Waals surface area contributed by atoms with E-state index in [4.69, 9.17) is 4.98 Å². The van der Waals surface area contributed by atoms with Crippen molar-refractivity contribution in [3.8, 4) is 34.0 Å². The van der Waals surface area contributed by atoms with Crippen LogP contribution in [0.3, 0.4) is 0 Å². The minimum atomic E-state index is -1.38. The molecule has 36 heavy (non-hydrogen) atoms. The monoisotopic (exact) mass is 515 g/mol. The van der Waals surface area contributed by atoms with Gasteiger partial charge in [-0.3, -0.25) is 0 Å². The normalized spacial score (nSPS) is 12.5. The number of hydrogen-bond donors (Lipinski definition) is 2. The number of aromatic nitrogens is 4. The third-order valence-electron chi connectivity index (χ3n) is 5.57. The van der Waals surface area contributed by atoms with Gasteiger partial charge in [-0.15, -0.1) is 0 Å². The molecule has 0 fully saturated rings. The topological polar surface area (TPSA) is 124 Å². The number of benzene rings is 2. The summed E-state index contributed by atoms with van der Waals surface area (Å²) in [4.78, 5) is 24.0. The van der Waals surface area contributed by atoms with Gasteiger partial charge in [-0.25, -0.2) is 19.3 Å². The van der Waals surface area contributed by atoms with Crippen molar-refractivity contribution in [3.05, 3.63) is 79.0 Å². The predicted molar refractivity (Wildman–Crippen MR) is 131 cm³/mol. The Kier molecular flexibility index (Phi) is 10.1. The van der Waals surface area contributed by atoms with Gasteiger partial charge in [-0.2, -0.15) is 0 Å². The fourth-order valence-electron chi connectivity index (χ4n) is 3.97. The number of aliphatic hydroxyl groups is 2. The average molecular weight is 516 g/mol. The van der Waals surface area contributed by atoms with E-state index in [1.54, 1.807) is 24.4 Å². The van der Waals surface area contributed by atoms with Crippen LogP contribution in [0, 0.1) is 5.82 Å². The summed E-state index contributed by atoms with van der Waals surface area (Å²) in [5, 5.41) is 31.1. The molecule has 2 N–H and O–H groups in total. The zero-order valence-electron chi connectivity index (χ0n) is 19.5. The summed E-state index contributed by atoms with van der Waals surface area (Å²) < 4.78 is 15.6. The molecule has 4 rings (SSSR count). The van der Waals surface area contributed by atoms with E-state index in [1.165, 1.54) is 18.5 Å². The Balaban J connectivity index is 0.00000361. The molecule has 0 saturated heterocycles. The smallest absolute Gasteiger partial charge is 0.550 e. The summed E-state index contributed by atoms with van der Waals surface area (Å²) in [5.74, 6) is -1.12. The number of carboxylic acid groups (broad SMARTS) is 1. The van der Waals surface area contributed by atoms with Crippen LogP contribution in [0.15, 0.2) is 73.2 Å². The first-order chi connectivity index (χ1) is 16.9. The zero-order chi connectivity index (χ0) is 24.8. The van der Waals surface area contributed by atoms with Crippen molar-refractivity contribution < 1.29 is 24.5 Å². The van der Waals surface area contributed by atoms with Crippen LogP contribution in [-0.4, -0.2) is 85.6 Å². The van der Waals surface area contributed by atoms with Crippen LogP contribution in [0.2, 0.25) is 0 Å². The van der Waals surface area contributed by atoms with Crippen molar-refractivity contribution >= 4 is 43.7 Å². The Morgan fingerprint density at radius 1 is 1.00 bits per heavy atom. The molecule has 2 aromatic carbocycles. The van der Waals surface area contributed by atoms with Crippen LogP contribution in [0.1, 0.15) is 19.3 Å². The second-order valence-corrected chi connectivity index (χ2v) is 8.16. The Labute approximate surface area is 237 Å². The van der Waals surface area contributed by atoms with E-state index in [0.717, 1.165) is 5.56 Å². The van der Waals surface area contributed by atoms with Gasteiger partial charge in [0.25, 0.3) is 0 Å². The van der Waals surface area contributed by atoms with Crippen molar-refractivity contribution in [2.75, 3.05) is 0 Å². The molecule has 180 valence electrons. The third-order valence-corrected chi connectivity index (χ3v) is 5.57. The standard InChI is InChI=1S/C26H25FN4O4.Ca/c27-19-8-6-17(7-9-19)25-24(22-10-12-28-16-29-22)30-26(18-4-2-1-3-5-18)31(25)13-11-20(32)14-21(33)15-23(34)35;/h1-10,12,16,20-21,32-33H,11,13-15H2,(H,34,35);/q;+2/p-1/t20-,21-;/m0./s1. The van der Waals surface area contributed by atoms with Gasteiger partial charge in [0.2, 0.25) is 0 Å². The fourth-order valence-corrected chi connectivity index (χ4v) is 3.97. The number of nitrogens with zero attached hydrogens (tertiary/aromatic N) is 4.